The van der Waals surface area contributed by atoms with Crippen molar-refractivity contribution in [2.75, 3.05) is 26.4 Å². The lowest BCUT2D eigenvalue weighted by molar-refractivity contribution is 0.0999. The predicted octanol–water partition coefficient (Wildman–Crippen LogP) is 3.22. The molecule has 0 fully saturated rings. The topological polar surface area (TPSA) is 46.3 Å². The number of nitrogens with zero attached hydrogens (tertiary/aromatic N) is 1. The van der Waals surface area contributed by atoms with E-state index >= 15 is 0 Å². The van der Waals surface area contributed by atoms with Gasteiger partial charge in [0.2, 0.25) is 5.91 Å². The van der Waals surface area contributed by atoms with Crippen molar-refractivity contribution in [3.05, 3.63) is 65.2 Å². The van der Waals surface area contributed by atoms with Gasteiger partial charge < -0.3 is 10.6 Å². The van der Waals surface area contributed by atoms with Crippen LogP contribution in [-0.2, 0) is 12.8 Å². The molecule has 23 heavy (non-hydrogen) atoms. The molecule has 0 aromatic heterocycles. The highest BCUT2D eigenvalue weighted by atomic mass is 32.2. The van der Waals surface area contributed by atoms with Gasteiger partial charge in [-0.2, -0.15) is 0 Å². The third-order valence-corrected chi connectivity index (χ3v) is 4.81. The first-order chi connectivity index (χ1) is 11.1. The van der Waals surface area contributed by atoms with E-state index in [1.165, 1.54) is 10.5 Å². The summed E-state index contributed by atoms with van der Waals surface area (Å²) in [6, 6.07) is 16.1. The predicted molar refractivity (Wildman–Crippen MR) is 98.1 cm³/mol. The van der Waals surface area contributed by atoms with Crippen LogP contribution in [0.1, 0.15) is 21.5 Å². The number of amides is 1. The molecule has 0 aliphatic heterocycles. The van der Waals surface area contributed by atoms with Gasteiger partial charge in [0.15, 0.2) is 0 Å². The van der Waals surface area contributed by atoms with Gasteiger partial charge in [-0.15, -0.1) is 11.8 Å². The number of carbonyl (C=O) groups excluding carboxylic acids is 1. The largest absolute Gasteiger partial charge is 0.366 e. The fourth-order valence-corrected chi connectivity index (χ4v) is 3.64. The van der Waals surface area contributed by atoms with Crippen LogP contribution in [0.25, 0.3) is 0 Å². The number of primary amides is 1. The molecule has 3 nitrogen and oxygen atoms in total. The van der Waals surface area contributed by atoms with E-state index < -0.39 is 0 Å². The summed E-state index contributed by atoms with van der Waals surface area (Å²) in [4.78, 5) is 15.0. The number of thioether (sulfide) groups is 1. The summed E-state index contributed by atoms with van der Waals surface area (Å²) in [5.41, 5.74) is 8.44. The molecule has 0 unspecified atom stereocenters. The first-order valence-corrected chi connectivity index (χ1v) is 8.79. The van der Waals surface area contributed by atoms with E-state index in [0.717, 1.165) is 30.7 Å². The number of nitrogens with two attached hydrogens (primary N) is 1. The van der Waals surface area contributed by atoms with Gasteiger partial charge in [0.25, 0.3) is 0 Å². The lowest BCUT2D eigenvalue weighted by Gasteiger charge is -2.12. The van der Waals surface area contributed by atoms with E-state index in [2.05, 4.69) is 43.3 Å². The third-order valence-electron chi connectivity index (χ3n) is 3.72. The molecule has 0 atom stereocenters. The second kappa shape index (κ2) is 8.75. The zero-order valence-electron chi connectivity index (χ0n) is 13.8. The summed E-state index contributed by atoms with van der Waals surface area (Å²) in [7, 11) is 4.18. The van der Waals surface area contributed by atoms with Crippen LogP contribution in [0.5, 0.6) is 0 Å². The standard InChI is InChI=1S/C19H24N2OS/c1-21(2)13-14-23-18-10-6-4-8-16(18)12-11-15-7-3-5-9-17(15)19(20)22/h3-10H,11-14H2,1-2H3,(H2,20,22). The van der Waals surface area contributed by atoms with Gasteiger partial charge in [-0.3, -0.25) is 4.79 Å². The third kappa shape index (κ3) is 5.41. The van der Waals surface area contributed by atoms with Crippen molar-refractivity contribution in [1.29, 1.82) is 0 Å². The second-order valence-corrected chi connectivity index (χ2v) is 6.92. The van der Waals surface area contributed by atoms with Gasteiger partial charge in [-0.1, -0.05) is 36.4 Å². The average molecular weight is 328 g/mol. The maximum Gasteiger partial charge on any atom is 0.248 e. The van der Waals surface area contributed by atoms with E-state index in [4.69, 9.17) is 5.73 Å². The summed E-state index contributed by atoms with van der Waals surface area (Å²) in [5.74, 6) is 0.719. The normalized spacial score (nSPS) is 10.9. The Hall–Kier alpha value is -1.78. The smallest absolute Gasteiger partial charge is 0.248 e. The number of benzene rings is 2. The molecule has 0 spiro atoms. The minimum atomic E-state index is -0.353. The lowest BCUT2D eigenvalue weighted by Crippen LogP contribution is -2.15. The zero-order valence-corrected chi connectivity index (χ0v) is 14.6. The van der Waals surface area contributed by atoms with E-state index in [1.807, 2.05) is 30.0 Å². The summed E-state index contributed by atoms with van der Waals surface area (Å²) < 4.78 is 0. The summed E-state index contributed by atoms with van der Waals surface area (Å²) >= 11 is 1.89. The molecule has 2 N–H and O–H groups in total. The minimum Gasteiger partial charge on any atom is -0.366 e. The molecule has 2 aromatic rings. The van der Waals surface area contributed by atoms with Crippen LogP contribution in [0.15, 0.2) is 53.4 Å². The Morgan fingerprint density at radius 3 is 2.30 bits per heavy atom. The van der Waals surface area contributed by atoms with Gasteiger partial charge in [0.1, 0.15) is 0 Å². The molecule has 0 aliphatic carbocycles. The molecule has 0 bridgehead atoms. The average Bonchev–Trinajstić information content (AvgIpc) is 2.54. The summed E-state index contributed by atoms with van der Waals surface area (Å²) in [6.07, 6.45) is 1.74. The Balaban J connectivity index is 2.05. The monoisotopic (exact) mass is 328 g/mol. The Bertz CT molecular complexity index is 655. The number of carbonyl (C=O) groups is 1. The maximum absolute atomic E-state index is 11.5. The fourth-order valence-electron chi connectivity index (χ4n) is 2.44. The molecule has 2 aromatic carbocycles. The van der Waals surface area contributed by atoms with Crippen molar-refractivity contribution in [2.24, 2.45) is 5.73 Å². The fraction of sp³-hybridized carbons (Fsp3) is 0.316. The van der Waals surface area contributed by atoms with Crippen molar-refractivity contribution < 1.29 is 4.79 Å². The van der Waals surface area contributed by atoms with Crippen LogP contribution in [0, 0.1) is 0 Å². The van der Waals surface area contributed by atoms with Crippen molar-refractivity contribution >= 4 is 17.7 Å². The molecule has 122 valence electrons. The van der Waals surface area contributed by atoms with E-state index in [1.54, 1.807) is 6.07 Å². The van der Waals surface area contributed by atoms with Crippen LogP contribution in [0.4, 0.5) is 0 Å². The Kier molecular flexibility index (Phi) is 6.68. The van der Waals surface area contributed by atoms with Gasteiger partial charge >= 0.3 is 0 Å². The van der Waals surface area contributed by atoms with Crippen molar-refractivity contribution in [2.45, 2.75) is 17.7 Å². The van der Waals surface area contributed by atoms with Crippen molar-refractivity contribution in [3.63, 3.8) is 0 Å². The number of hydrogen-bond donors (Lipinski definition) is 1. The van der Waals surface area contributed by atoms with Crippen LogP contribution < -0.4 is 5.73 Å². The number of rotatable bonds is 8. The van der Waals surface area contributed by atoms with E-state index in [9.17, 15) is 4.79 Å². The van der Waals surface area contributed by atoms with Crippen molar-refractivity contribution in [3.8, 4) is 0 Å². The molecule has 0 aliphatic rings. The number of aryl methyl sites for hydroxylation is 2. The van der Waals surface area contributed by atoms with Gasteiger partial charge in [-0.05, 0) is 50.2 Å². The Morgan fingerprint density at radius 1 is 1.00 bits per heavy atom. The highest BCUT2D eigenvalue weighted by Crippen LogP contribution is 2.24. The number of hydrogen-bond acceptors (Lipinski definition) is 3. The summed E-state index contributed by atoms with van der Waals surface area (Å²) in [5, 5.41) is 0. The molecule has 0 heterocycles. The molecular formula is C19H24N2OS. The van der Waals surface area contributed by atoms with Gasteiger partial charge in [0.05, 0.1) is 0 Å². The molecule has 0 saturated heterocycles. The van der Waals surface area contributed by atoms with Crippen LogP contribution in [0.3, 0.4) is 0 Å². The van der Waals surface area contributed by atoms with E-state index in [-0.39, 0.29) is 5.91 Å². The zero-order chi connectivity index (χ0) is 16.7. The van der Waals surface area contributed by atoms with Gasteiger partial charge in [0, 0.05) is 22.8 Å². The second-order valence-electron chi connectivity index (χ2n) is 5.78. The first-order valence-electron chi connectivity index (χ1n) is 7.81. The highest BCUT2D eigenvalue weighted by Gasteiger charge is 2.09. The maximum atomic E-state index is 11.5. The Labute approximate surface area is 142 Å². The molecule has 1 amide bonds. The lowest BCUT2D eigenvalue weighted by atomic mass is 9.99. The molecular weight excluding hydrogens is 304 g/mol. The SMILES string of the molecule is CN(C)CCSc1ccccc1CCc1ccccc1C(N)=O. The Morgan fingerprint density at radius 2 is 1.61 bits per heavy atom. The summed E-state index contributed by atoms with van der Waals surface area (Å²) in [6.45, 7) is 1.06. The molecule has 0 saturated carbocycles. The quantitative estimate of drug-likeness (QED) is 0.757. The van der Waals surface area contributed by atoms with Gasteiger partial charge in [-0.25, -0.2) is 0 Å². The van der Waals surface area contributed by atoms with E-state index in [0.29, 0.717) is 5.56 Å². The first kappa shape index (κ1) is 17.6. The molecule has 2 rings (SSSR count). The van der Waals surface area contributed by atoms with Crippen molar-refractivity contribution in [1.82, 2.24) is 4.90 Å². The minimum absolute atomic E-state index is 0.353. The molecule has 0 radical (unpaired) electrons. The van der Waals surface area contributed by atoms with Crippen LogP contribution in [-0.4, -0.2) is 37.2 Å². The highest BCUT2D eigenvalue weighted by molar-refractivity contribution is 7.99. The van der Waals surface area contributed by atoms with Crippen LogP contribution >= 0.6 is 11.8 Å². The molecule has 4 heteroatoms. The van der Waals surface area contributed by atoms with Crippen LogP contribution in [0.2, 0.25) is 0 Å².